The molecule has 0 saturated heterocycles. The van der Waals surface area contributed by atoms with E-state index in [1.807, 2.05) is 0 Å². The monoisotopic (exact) mass is 289 g/mol. The van der Waals surface area contributed by atoms with Gasteiger partial charge in [0, 0.05) is 11.5 Å². The zero-order valence-corrected chi connectivity index (χ0v) is 12.3. The standard InChI is InChI=1S/C11H9NO4S.Ca/c13-9(17)5-6(11(14)15)10-12-7-3-1-2-4-8(7)16-10;/h1-4,6H,5H2,(H,13,17)(H,14,15);/q;+2/p-2. The van der Waals surface area contributed by atoms with E-state index < -0.39 is 17.0 Å². The maximum atomic E-state index is 10.9. The van der Waals surface area contributed by atoms with E-state index in [0.717, 1.165) is 0 Å². The van der Waals surface area contributed by atoms with Gasteiger partial charge >= 0.3 is 37.7 Å². The summed E-state index contributed by atoms with van der Waals surface area (Å²) in [4.78, 5) is 25.7. The van der Waals surface area contributed by atoms with Crippen molar-refractivity contribution < 1.29 is 19.1 Å². The molecule has 1 heterocycles. The van der Waals surface area contributed by atoms with Crippen LogP contribution in [0.25, 0.3) is 11.1 Å². The van der Waals surface area contributed by atoms with E-state index in [9.17, 15) is 14.7 Å². The van der Waals surface area contributed by atoms with Gasteiger partial charge < -0.3 is 31.7 Å². The smallest absolute Gasteiger partial charge is 0.742 e. The number of carbonyl (C=O) groups excluding carboxylic acids is 2. The Morgan fingerprint density at radius 2 is 2.06 bits per heavy atom. The van der Waals surface area contributed by atoms with E-state index in [4.69, 9.17) is 4.42 Å². The van der Waals surface area contributed by atoms with Crippen molar-refractivity contribution in [3.8, 4) is 0 Å². The number of para-hydroxylation sites is 2. The molecule has 0 bridgehead atoms. The molecule has 0 aliphatic heterocycles. The molecule has 0 saturated carbocycles. The molecule has 1 aromatic carbocycles. The first-order valence-electron chi connectivity index (χ1n) is 4.84. The number of hydrogen-bond acceptors (Lipinski definition) is 6. The Hall–Kier alpha value is -0.690. The number of oxazole rings is 1. The molecular weight excluding hydrogens is 282 g/mol. The molecule has 1 aromatic heterocycles. The Morgan fingerprint density at radius 3 is 2.61 bits per heavy atom. The van der Waals surface area contributed by atoms with Gasteiger partial charge in [0.2, 0.25) is 5.89 Å². The van der Waals surface area contributed by atoms with Crippen LogP contribution in [0.1, 0.15) is 18.2 Å². The van der Waals surface area contributed by atoms with Crippen LogP contribution in [0.3, 0.4) is 0 Å². The molecule has 1 unspecified atom stereocenters. The Bertz CT molecular complexity index is 550. The fraction of sp³-hybridized carbons (Fsp3) is 0.182. The van der Waals surface area contributed by atoms with Crippen LogP contribution in [0.2, 0.25) is 0 Å². The molecule has 5 nitrogen and oxygen atoms in total. The van der Waals surface area contributed by atoms with Crippen LogP contribution >= 0.6 is 0 Å². The number of fused-ring (bicyclic) bond motifs is 1. The molecule has 0 fully saturated rings. The Balaban J connectivity index is 0.00000162. The molecule has 0 aliphatic carbocycles. The third kappa shape index (κ3) is 3.41. The average molecular weight is 289 g/mol. The van der Waals surface area contributed by atoms with E-state index in [1.165, 1.54) is 0 Å². The number of carbonyl (C=O) groups is 2. The number of aliphatic carboxylic acids is 1. The van der Waals surface area contributed by atoms with Crippen molar-refractivity contribution in [3.05, 3.63) is 30.2 Å². The molecule has 0 spiro atoms. The predicted molar refractivity (Wildman–Crippen MR) is 64.5 cm³/mol. The summed E-state index contributed by atoms with van der Waals surface area (Å²) in [6, 6.07) is 6.84. The summed E-state index contributed by atoms with van der Waals surface area (Å²) in [5.41, 5.74) is 0.996. The molecule has 0 radical (unpaired) electrons. The topological polar surface area (TPSA) is 83.2 Å². The number of carboxylic acid groups (broad SMARTS) is 1. The molecular formula is C11H7CaNO4S. The number of benzene rings is 1. The summed E-state index contributed by atoms with van der Waals surface area (Å²) in [5.74, 6) is -2.70. The molecule has 2 rings (SSSR count). The average Bonchev–Trinajstić information content (AvgIpc) is 2.68. The largest absolute Gasteiger partial charge is 2.00 e. The second-order valence-electron chi connectivity index (χ2n) is 3.47. The Labute approximate surface area is 138 Å². The van der Waals surface area contributed by atoms with Crippen molar-refractivity contribution >= 4 is 72.6 Å². The van der Waals surface area contributed by atoms with Crippen LogP contribution < -0.4 is 5.11 Å². The molecule has 18 heavy (non-hydrogen) atoms. The first-order chi connectivity index (χ1) is 8.08. The molecule has 0 amide bonds. The summed E-state index contributed by atoms with van der Waals surface area (Å²) in [6.07, 6.45) is -0.357. The Morgan fingerprint density at radius 1 is 1.39 bits per heavy atom. The summed E-state index contributed by atoms with van der Waals surface area (Å²) in [6.45, 7) is 0. The van der Waals surface area contributed by atoms with Crippen molar-refractivity contribution in [2.75, 3.05) is 0 Å². The number of nitrogens with zero attached hydrogens (tertiary/aromatic N) is 1. The van der Waals surface area contributed by atoms with Crippen molar-refractivity contribution in [1.82, 2.24) is 4.98 Å². The number of rotatable bonds is 4. The van der Waals surface area contributed by atoms with Gasteiger partial charge in [0.05, 0.1) is 11.9 Å². The van der Waals surface area contributed by atoms with Gasteiger partial charge in [0.15, 0.2) is 5.58 Å². The minimum Gasteiger partial charge on any atom is -0.742 e. The predicted octanol–water partition coefficient (Wildman–Crippen LogP) is -0.256. The quantitative estimate of drug-likeness (QED) is 0.570. The first-order valence-corrected chi connectivity index (χ1v) is 5.25. The summed E-state index contributed by atoms with van der Waals surface area (Å²) in [5, 5.41) is 10.2. The minimum atomic E-state index is -1.42. The molecule has 88 valence electrons. The number of aromatic nitrogens is 1. The second-order valence-corrected chi connectivity index (χ2v) is 3.92. The van der Waals surface area contributed by atoms with Crippen LogP contribution in [-0.4, -0.2) is 53.8 Å². The second kappa shape index (κ2) is 6.47. The van der Waals surface area contributed by atoms with Gasteiger partial charge in [-0.15, -0.1) is 0 Å². The fourth-order valence-corrected chi connectivity index (χ4v) is 1.64. The number of hydrogen-bond donors (Lipinski definition) is 0. The Kier molecular flexibility index (Phi) is 5.52. The van der Waals surface area contributed by atoms with E-state index in [2.05, 4.69) is 17.6 Å². The van der Waals surface area contributed by atoms with E-state index in [0.29, 0.717) is 11.1 Å². The first kappa shape index (κ1) is 15.4. The normalized spacial score (nSPS) is 11.8. The van der Waals surface area contributed by atoms with Gasteiger partial charge in [-0.2, -0.15) is 0 Å². The van der Waals surface area contributed by atoms with Crippen LogP contribution in [0.15, 0.2) is 28.7 Å². The maximum absolute atomic E-state index is 10.9. The molecule has 0 aliphatic rings. The minimum absolute atomic E-state index is 0. The van der Waals surface area contributed by atoms with Crippen LogP contribution in [0, 0.1) is 0 Å². The van der Waals surface area contributed by atoms with E-state index in [1.54, 1.807) is 24.3 Å². The maximum Gasteiger partial charge on any atom is 2.00 e. The zero-order chi connectivity index (χ0) is 12.4. The van der Waals surface area contributed by atoms with Crippen molar-refractivity contribution in [1.29, 1.82) is 0 Å². The molecule has 0 N–H and O–H groups in total. The SMILES string of the molecule is O=C([S-])CC(C(=O)[O-])c1nc2ccccc2o1.[Ca+2]. The molecule has 7 heteroatoms. The van der Waals surface area contributed by atoms with Gasteiger partial charge in [-0.05, 0) is 12.1 Å². The number of carboxylic acids is 1. The van der Waals surface area contributed by atoms with Crippen molar-refractivity contribution in [2.45, 2.75) is 12.3 Å². The fourth-order valence-electron chi connectivity index (χ4n) is 1.48. The van der Waals surface area contributed by atoms with E-state index >= 15 is 0 Å². The third-order valence-electron chi connectivity index (χ3n) is 2.26. The van der Waals surface area contributed by atoms with Gasteiger partial charge in [0.1, 0.15) is 5.52 Å². The van der Waals surface area contributed by atoms with Crippen molar-refractivity contribution in [2.24, 2.45) is 0 Å². The van der Waals surface area contributed by atoms with Crippen LogP contribution in [-0.2, 0) is 22.2 Å². The van der Waals surface area contributed by atoms with Crippen molar-refractivity contribution in [3.63, 3.8) is 0 Å². The van der Waals surface area contributed by atoms with Gasteiger partial charge in [-0.1, -0.05) is 12.1 Å². The summed E-state index contributed by atoms with van der Waals surface area (Å²) >= 11 is 4.36. The molecule has 1 atom stereocenters. The summed E-state index contributed by atoms with van der Waals surface area (Å²) in [7, 11) is 0. The third-order valence-corrected chi connectivity index (χ3v) is 2.43. The van der Waals surface area contributed by atoms with Crippen LogP contribution in [0.5, 0.6) is 0 Å². The molecule has 2 aromatic rings. The van der Waals surface area contributed by atoms with Crippen LogP contribution in [0.4, 0.5) is 0 Å². The van der Waals surface area contributed by atoms with Gasteiger partial charge in [-0.25, -0.2) is 4.98 Å². The van der Waals surface area contributed by atoms with Gasteiger partial charge in [0.25, 0.3) is 0 Å². The van der Waals surface area contributed by atoms with E-state index in [-0.39, 0.29) is 50.0 Å². The summed E-state index contributed by atoms with van der Waals surface area (Å²) < 4.78 is 5.26. The zero-order valence-electron chi connectivity index (χ0n) is 9.29. The van der Waals surface area contributed by atoms with Gasteiger partial charge in [-0.3, -0.25) is 0 Å².